The number of nitrogens with one attached hydrogen (secondary N) is 2. The number of hydrogen-bond acceptors (Lipinski definition) is 3. The molecule has 1 unspecified atom stereocenters. The lowest BCUT2D eigenvalue weighted by Gasteiger charge is -2.16. The van der Waals surface area contributed by atoms with E-state index in [9.17, 15) is 4.79 Å². The molecule has 5 nitrogen and oxygen atoms in total. The third kappa shape index (κ3) is 1.68. The van der Waals surface area contributed by atoms with E-state index in [1.165, 1.54) is 0 Å². The van der Waals surface area contributed by atoms with Gasteiger partial charge in [-0.3, -0.25) is 9.78 Å². The van der Waals surface area contributed by atoms with Gasteiger partial charge < -0.3 is 15.4 Å². The van der Waals surface area contributed by atoms with E-state index >= 15 is 0 Å². The average Bonchev–Trinajstić information content (AvgIpc) is 2.96. The van der Waals surface area contributed by atoms with Crippen molar-refractivity contribution in [3.8, 4) is 11.3 Å². The number of nitrogens with zero attached hydrogens (tertiary/aromatic N) is 1. The Hall–Kier alpha value is -1.88. The summed E-state index contributed by atoms with van der Waals surface area (Å²) in [7, 11) is 0. The summed E-state index contributed by atoms with van der Waals surface area (Å²) in [5.74, 6) is -0.753. The van der Waals surface area contributed by atoms with Crippen LogP contribution < -0.4 is 5.32 Å². The summed E-state index contributed by atoms with van der Waals surface area (Å²) in [6, 6.07) is 1.54. The number of pyridine rings is 1. The highest BCUT2D eigenvalue weighted by atomic mass is 16.4. The maximum absolute atomic E-state index is 11.1. The Bertz CT molecular complexity index is 522. The first-order valence-electron chi connectivity index (χ1n) is 5.64. The van der Waals surface area contributed by atoms with E-state index in [4.69, 9.17) is 5.11 Å². The first kappa shape index (κ1) is 10.3. The molecule has 0 aliphatic carbocycles. The van der Waals surface area contributed by atoms with Crippen molar-refractivity contribution in [2.75, 3.05) is 6.54 Å². The Morgan fingerprint density at radius 2 is 2.35 bits per heavy atom. The van der Waals surface area contributed by atoms with Crippen LogP contribution in [-0.4, -0.2) is 33.6 Å². The van der Waals surface area contributed by atoms with E-state index in [1.54, 1.807) is 12.4 Å². The molecule has 17 heavy (non-hydrogen) atoms. The van der Waals surface area contributed by atoms with Gasteiger partial charge in [-0.15, -0.1) is 0 Å². The highest BCUT2D eigenvalue weighted by molar-refractivity contribution is 5.75. The first-order chi connectivity index (χ1) is 8.25. The molecule has 0 aromatic carbocycles. The van der Waals surface area contributed by atoms with Gasteiger partial charge in [0.1, 0.15) is 6.04 Å². The van der Waals surface area contributed by atoms with Crippen molar-refractivity contribution in [1.82, 2.24) is 15.3 Å². The van der Waals surface area contributed by atoms with E-state index in [0.717, 1.165) is 29.8 Å². The molecule has 3 N–H and O–H groups in total. The molecule has 5 heteroatoms. The Morgan fingerprint density at radius 1 is 1.47 bits per heavy atom. The zero-order valence-corrected chi connectivity index (χ0v) is 9.18. The fraction of sp³-hybridized carbons (Fsp3) is 0.333. The molecule has 0 bridgehead atoms. The van der Waals surface area contributed by atoms with Crippen LogP contribution in [0.1, 0.15) is 17.9 Å². The number of hydrogen-bond donors (Lipinski definition) is 3. The third-order valence-electron chi connectivity index (χ3n) is 3.36. The molecule has 3 aliphatic rings. The molecule has 3 aliphatic heterocycles. The minimum absolute atomic E-state index is 0.0306. The molecule has 3 heterocycles. The minimum atomic E-state index is -0.784. The largest absolute Gasteiger partial charge is 0.480 e. The van der Waals surface area contributed by atoms with Crippen LogP contribution in [0.3, 0.4) is 0 Å². The predicted octanol–water partition coefficient (Wildman–Crippen LogP) is 1.04. The summed E-state index contributed by atoms with van der Waals surface area (Å²) in [4.78, 5) is 18.3. The zero-order valence-electron chi connectivity index (χ0n) is 9.18. The van der Waals surface area contributed by atoms with Crippen molar-refractivity contribution < 1.29 is 9.90 Å². The van der Waals surface area contributed by atoms with Gasteiger partial charge in [0.15, 0.2) is 0 Å². The Labute approximate surface area is 98.2 Å². The van der Waals surface area contributed by atoms with E-state index in [1.807, 2.05) is 12.3 Å². The summed E-state index contributed by atoms with van der Waals surface area (Å²) in [5, 5.41) is 12.2. The standard InChI is InChI=1S/C12H13N3O2/c16-12(17)11-9(1-2-14-11)7-3-8-4-13-6-10(8)15-5-7/h3-6,9,11,14-15H,1-2H2,(H,16,17)/t9?,11-/m0/s1. The van der Waals surface area contributed by atoms with E-state index in [0.29, 0.717) is 0 Å². The fourth-order valence-electron chi connectivity index (χ4n) is 2.49. The summed E-state index contributed by atoms with van der Waals surface area (Å²) in [6.07, 6.45) is 6.29. The SMILES string of the molecule is O=C(O)[C@H]1NCCC1c1c[nH]c2cncc-2c1. The van der Waals surface area contributed by atoms with Gasteiger partial charge in [-0.1, -0.05) is 0 Å². The molecule has 0 saturated carbocycles. The average molecular weight is 231 g/mol. The van der Waals surface area contributed by atoms with Crippen molar-refractivity contribution in [3.05, 3.63) is 30.2 Å². The predicted molar refractivity (Wildman–Crippen MR) is 62.0 cm³/mol. The van der Waals surface area contributed by atoms with Crippen molar-refractivity contribution in [2.45, 2.75) is 18.4 Å². The van der Waals surface area contributed by atoms with Gasteiger partial charge in [0, 0.05) is 23.9 Å². The second-order valence-corrected chi connectivity index (χ2v) is 4.37. The summed E-state index contributed by atoms with van der Waals surface area (Å²) < 4.78 is 0. The van der Waals surface area contributed by atoms with Gasteiger partial charge in [-0.2, -0.15) is 0 Å². The van der Waals surface area contributed by atoms with Crippen molar-refractivity contribution in [3.63, 3.8) is 0 Å². The van der Waals surface area contributed by atoms with Gasteiger partial charge in [-0.25, -0.2) is 0 Å². The molecule has 0 aromatic rings. The van der Waals surface area contributed by atoms with Gasteiger partial charge in [0.05, 0.1) is 11.9 Å². The van der Waals surface area contributed by atoms with Crippen molar-refractivity contribution in [1.29, 1.82) is 0 Å². The smallest absolute Gasteiger partial charge is 0.321 e. The molecule has 0 radical (unpaired) electrons. The second-order valence-electron chi connectivity index (χ2n) is 4.37. The van der Waals surface area contributed by atoms with Gasteiger partial charge in [0.25, 0.3) is 0 Å². The Balaban J connectivity index is 1.98. The molecule has 0 spiro atoms. The van der Waals surface area contributed by atoms with Crippen molar-refractivity contribution in [2.24, 2.45) is 0 Å². The Morgan fingerprint density at radius 3 is 3.18 bits per heavy atom. The monoisotopic (exact) mass is 231 g/mol. The molecular formula is C12H13N3O2. The number of fused-ring (bicyclic) bond motifs is 1. The number of carboxylic acid groups (broad SMARTS) is 1. The molecule has 1 saturated heterocycles. The number of aromatic nitrogens is 2. The van der Waals surface area contributed by atoms with Crippen LogP contribution in [0, 0.1) is 0 Å². The lowest BCUT2D eigenvalue weighted by molar-refractivity contribution is -0.139. The highest BCUT2D eigenvalue weighted by Crippen LogP contribution is 2.30. The highest BCUT2D eigenvalue weighted by Gasteiger charge is 2.33. The second kappa shape index (κ2) is 3.85. The Kier molecular flexibility index (Phi) is 2.33. The number of H-pyrrole nitrogens is 1. The summed E-state index contributed by atoms with van der Waals surface area (Å²) in [6.45, 7) is 0.749. The van der Waals surface area contributed by atoms with Crippen molar-refractivity contribution >= 4 is 5.97 Å². The van der Waals surface area contributed by atoms with Gasteiger partial charge in [-0.05, 0) is 24.6 Å². The lowest BCUT2D eigenvalue weighted by Crippen LogP contribution is -2.34. The van der Waals surface area contributed by atoms with Gasteiger partial charge in [0.2, 0.25) is 0 Å². The van der Waals surface area contributed by atoms with Crippen LogP contribution in [0.2, 0.25) is 0 Å². The summed E-state index contributed by atoms with van der Waals surface area (Å²) in [5.41, 5.74) is 3.04. The van der Waals surface area contributed by atoms with Crippen LogP contribution in [-0.2, 0) is 4.79 Å². The molecule has 1 fully saturated rings. The quantitative estimate of drug-likeness (QED) is 0.721. The summed E-state index contributed by atoms with van der Waals surface area (Å²) >= 11 is 0. The third-order valence-corrected chi connectivity index (χ3v) is 3.36. The number of aromatic amines is 1. The fourth-order valence-corrected chi connectivity index (χ4v) is 2.49. The van der Waals surface area contributed by atoms with Crippen LogP contribution >= 0.6 is 0 Å². The number of aliphatic carboxylic acids is 1. The topological polar surface area (TPSA) is 78.0 Å². The van der Waals surface area contributed by atoms with Gasteiger partial charge >= 0.3 is 5.97 Å². The number of carboxylic acids is 1. The van der Waals surface area contributed by atoms with Crippen LogP contribution in [0.4, 0.5) is 0 Å². The zero-order chi connectivity index (χ0) is 11.8. The number of rotatable bonds is 2. The molecular weight excluding hydrogens is 218 g/mol. The minimum Gasteiger partial charge on any atom is -0.480 e. The van der Waals surface area contributed by atoms with Crippen LogP contribution in [0.25, 0.3) is 11.3 Å². The van der Waals surface area contributed by atoms with Crippen LogP contribution in [0.15, 0.2) is 24.7 Å². The number of carbonyl (C=O) groups is 1. The van der Waals surface area contributed by atoms with E-state index in [-0.39, 0.29) is 5.92 Å². The van der Waals surface area contributed by atoms with E-state index in [2.05, 4.69) is 15.3 Å². The maximum atomic E-state index is 11.1. The molecule has 0 amide bonds. The molecule has 88 valence electrons. The molecule has 2 atom stereocenters. The molecule has 0 aromatic heterocycles. The van der Waals surface area contributed by atoms with E-state index < -0.39 is 12.0 Å². The first-order valence-corrected chi connectivity index (χ1v) is 5.64. The molecule has 3 rings (SSSR count). The lowest BCUT2D eigenvalue weighted by atomic mass is 9.92. The normalized spacial score (nSPS) is 24.2. The van der Waals surface area contributed by atoms with Crippen LogP contribution in [0.5, 0.6) is 0 Å². The maximum Gasteiger partial charge on any atom is 0.321 e.